The summed E-state index contributed by atoms with van der Waals surface area (Å²) in [6, 6.07) is 2.55. The molecule has 0 bridgehead atoms. The van der Waals surface area contributed by atoms with Crippen LogP contribution in [-0.4, -0.2) is 6.04 Å². The van der Waals surface area contributed by atoms with E-state index >= 15 is 0 Å². The molecule has 1 unspecified atom stereocenters. The van der Waals surface area contributed by atoms with E-state index in [0.29, 0.717) is 6.04 Å². The van der Waals surface area contributed by atoms with E-state index < -0.39 is 0 Å². The standard InChI is InChI=1S/C13H21Br2NO/c1-3-4-5-6-7-10(2)16-9-11-8-12(14)13(15)17-11/h8,10,16H,3-7,9H2,1-2H3. The average Bonchev–Trinajstić information content (AvgIpc) is 2.62. The summed E-state index contributed by atoms with van der Waals surface area (Å²) in [7, 11) is 0. The zero-order chi connectivity index (χ0) is 12.7. The summed E-state index contributed by atoms with van der Waals surface area (Å²) in [5.41, 5.74) is 0. The lowest BCUT2D eigenvalue weighted by atomic mass is 10.1. The summed E-state index contributed by atoms with van der Waals surface area (Å²) < 4.78 is 7.26. The van der Waals surface area contributed by atoms with Gasteiger partial charge in [-0.2, -0.15) is 0 Å². The molecular weight excluding hydrogens is 346 g/mol. The van der Waals surface area contributed by atoms with Gasteiger partial charge in [0.05, 0.1) is 11.0 Å². The molecule has 0 amide bonds. The Morgan fingerprint density at radius 2 is 2.06 bits per heavy atom. The first-order valence-corrected chi connectivity index (χ1v) is 7.89. The minimum absolute atomic E-state index is 0.550. The van der Waals surface area contributed by atoms with E-state index in [1.165, 1.54) is 32.1 Å². The second-order valence-corrected chi connectivity index (χ2v) is 6.04. The smallest absolute Gasteiger partial charge is 0.183 e. The molecule has 0 radical (unpaired) electrons. The molecule has 0 aliphatic heterocycles. The summed E-state index contributed by atoms with van der Waals surface area (Å²) >= 11 is 6.75. The molecule has 17 heavy (non-hydrogen) atoms. The van der Waals surface area contributed by atoms with Crippen molar-refractivity contribution in [1.82, 2.24) is 5.32 Å². The third kappa shape index (κ3) is 6.07. The maximum Gasteiger partial charge on any atom is 0.183 e. The molecule has 0 aliphatic carbocycles. The summed E-state index contributed by atoms with van der Waals surface area (Å²) in [4.78, 5) is 0. The van der Waals surface area contributed by atoms with E-state index in [1.54, 1.807) is 0 Å². The second-order valence-electron chi connectivity index (χ2n) is 4.47. The largest absolute Gasteiger partial charge is 0.452 e. The van der Waals surface area contributed by atoms with Gasteiger partial charge in [0.25, 0.3) is 0 Å². The first kappa shape index (κ1) is 15.3. The van der Waals surface area contributed by atoms with Crippen molar-refractivity contribution in [3.05, 3.63) is 21.0 Å². The minimum atomic E-state index is 0.550. The van der Waals surface area contributed by atoms with Crippen LogP contribution in [0.3, 0.4) is 0 Å². The molecule has 2 nitrogen and oxygen atoms in total. The topological polar surface area (TPSA) is 25.2 Å². The molecule has 0 spiro atoms. The molecular formula is C13H21Br2NO. The monoisotopic (exact) mass is 365 g/mol. The molecule has 0 aromatic carbocycles. The zero-order valence-corrected chi connectivity index (χ0v) is 13.7. The van der Waals surface area contributed by atoms with E-state index in [0.717, 1.165) is 21.4 Å². The van der Waals surface area contributed by atoms with Crippen LogP contribution in [0.1, 0.15) is 51.7 Å². The highest BCUT2D eigenvalue weighted by Gasteiger charge is 2.07. The average molecular weight is 367 g/mol. The van der Waals surface area contributed by atoms with Crippen LogP contribution in [0.4, 0.5) is 0 Å². The Hall–Kier alpha value is 0.200. The van der Waals surface area contributed by atoms with Gasteiger partial charge in [0.2, 0.25) is 0 Å². The third-order valence-corrected chi connectivity index (χ3v) is 4.52. The van der Waals surface area contributed by atoms with Crippen molar-refractivity contribution in [3.63, 3.8) is 0 Å². The van der Waals surface area contributed by atoms with Crippen LogP contribution >= 0.6 is 31.9 Å². The van der Waals surface area contributed by atoms with Crippen LogP contribution in [0.15, 0.2) is 19.6 Å². The minimum Gasteiger partial charge on any atom is -0.452 e. The van der Waals surface area contributed by atoms with E-state index in [4.69, 9.17) is 4.42 Å². The van der Waals surface area contributed by atoms with Gasteiger partial charge in [0, 0.05) is 6.04 Å². The molecule has 0 saturated carbocycles. The fourth-order valence-corrected chi connectivity index (χ4v) is 2.39. The molecule has 4 heteroatoms. The molecule has 1 rings (SSSR count). The summed E-state index contributed by atoms with van der Waals surface area (Å²) in [6.45, 7) is 5.27. The second kappa shape index (κ2) is 8.33. The number of unbranched alkanes of at least 4 members (excludes halogenated alkanes) is 3. The molecule has 1 N–H and O–H groups in total. The molecule has 1 heterocycles. The maximum atomic E-state index is 5.52. The fourth-order valence-electron chi connectivity index (χ4n) is 1.73. The van der Waals surface area contributed by atoms with Crippen LogP contribution < -0.4 is 5.32 Å². The van der Waals surface area contributed by atoms with Gasteiger partial charge in [-0.3, -0.25) is 0 Å². The number of hydrogen-bond donors (Lipinski definition) is 1. The SMILES string of the molecule is CCCCCCC(C)NCc1cc(Br)c(Br)o1. The molecule has 0 fully saturated rings. The quantitative estimate of drug-likeness (QED) is 0.635. The van der Waals surface area contributed by atoms with E-state index in [9.17, 15) is 0 Å². The predicted octanol–water partition coefficient (Wildman–Crippen LogP) is 5.25. The Balaban J connectivity index is 2.17. The van der Waals surface area contributed by atoms with Gasteiger partial charge in [-0.25, -0.2) is 0 Å². The van der Waals surface area contributed by atoms with Crippen molar-refractivity contribution < 1.29 is 4.42 Å². The fraction of sp³-hybridized carbons (Fsp3) is 0.692. The van der Waals surface area contributed by atoms with Crippen LogP contribution in [0.2, 0.25) is 0 Å². The van der Waals surface area contributed by atoms with Crippen molar-refractivity contribution in [3.8, 4) is 0 Å². The van der Waals surface area contributed by atoms with Gasteiger partial charge in [0.1, 0.15) is 5.76 Å². The normalized spacial score (nSPS) is 12.9. The Morgan fingerprint density at radius 3 is 2.65 bits per heavy atom. The number of nitrogens with one attached hydrogen (secondary N) is 1. The van der Waals surface area contributed by atoms with Crippen molar-refractivity contribution in [2.24, 2.45) is 0 Å². The summed E-state index contributed by atoms with van der Waals surface area (Å²) in [5.74, 6) is 0.962. The van der Waals surface area contributed by atoms with Crippen molar-refractivity contribution in [2.45, 2.75) is 58.5 Å². The molecule has 1 aromatic heterocycles. The highest BCUT2D eigenvalue weighted by molar-refractivity contribution is 9.13. The molecule has 0 aliphatic rings. The van der Waals surface area contributed by atoms with Crippen molar-refractivity contribution in [2.75, 3.05) is 0 Å². The molecule has 0 saturated heterocycles. The van der Waals surface area contributed by atoms with Gasteiger partial charge in [-0.05, 0) is 51.3 Å². The molecule has 1 atom stereocenters. The lowest BCUT2D eigenvalue weighted by Gasteiger charge is -2.12. The Kier molecular flexibility index (Phi) is 7.47. The van der Waals surface area contributed by atoms with Crippen LogP contribution in [0.25, 0.3) is 0 Å². The van der Waals surface area contributed by atoms with E-state index in [2.05, 4.69) is 51.0 Å². The van der Waals surface area contributed by atoms with Crippen molar-refractivity contribution in [1.29, 1.82) is 0 Å². The Labute approximate surface area is 121 Å². The van der Waals surface area contributed by atoms with Gasteiger partial charge in [-0.15, -0.1) is 0 Å². The number of rotatable bonds is 8. The first-order chi connectivity index (χ1) is 8.13. The maximum absolute atomic E-state index is 5.52. The van der Waals surface area contributed by atoms with Gasteiger partial charge >= 0.3 is 0 Å². The zero-order valence-electron chi connectivity index (χ0n) is 10.6. The predicted molar refractivity (Wildman–Crippen MR) is 79.2 cm³/mol. The number of halogens is 2. The van der Waals surface area contributed by atoms with Crippen molar-refractivity contribution >= 4 is 31.9 Å². The molecule has 98 valence electrons. The highest BCUT2D eigenvalue weighted by atomic mass is 79.9. The van der Waals surface area contributed by atoms with Crippen LogP contribution in [-0.2, 0) is 6.54 Å². The van der Waals surface area contributed by atoms with E-state index in [1.807, 2.05) is 6.07 Å². The highest BCUT2D eigenvalue weighted by Crippen LogP contribution is 2.26. The molecule has 1 aromatic rings. The van der Waals surface area contributed by atoms with Gasteiger partial charge in [0.15, 0.2) is 4.67 Å². The number of furan rings is 1. The van der Waals surface area contributed by atoms with Gasteiger partial charge in [-0.1, -0.05) is 32.6 Å². The Morgan fingerprint density at radius 1 is 1.29 bits per heavy atom. The summed E-state index contributed by atoms with van der Waals surface area (Å²) in [6.07, 6.45) is 6.55. The van der Waals surface area contributed by atoms with Crippen LogP contribution in [0.5, 0.6) is 0 Å². The first-order valence-electron chi connectivity index (χ1n) is 6.30. The van der Waals surface area contributed by atoms with Gasteiger partial charge < -0.3 is 9.73 Å². The lowest BCUT2D eigenvalue weighted by Crippen LogP contribution is -2.25. The Bertz CT molecular complexity index is 306. The van der Waals surface area contributed by atoms with Crippen LogP contribution in [0, 0.1) is 0 Å². The van der Waals surface area contributed by atoms with E-state index in [-0.39, 0.29) is 0 Å². The number of hydrogen-bond acceptors (Lipinski definition) is 2. The summed E-state index contributed by atoms with van der Waals surface area (Å²) in [5, 5.41) is 3.48. The third-order valence-electron chi connectivity index (χ3n) is 2.81. The lowest BCUT2D eigenvalue weighted by molar-refractivity contribution is 0.424.